The van der Waals surface area contributed by atoms with E-state index in [1.54, 1.807) is 0 Å². The summed E-state index contributed by atoms with van der Waals surface area (Å²) in [6.07, 6.45) is -3.23. The minimum Gasteiger partial charge on any atom is -0.382 e. The molecule has 0 fully saturated rings. The maximum Gasteiger partial charge on any atom is 0.433 e. The molecule has 0 amide bonds. The van der Waals surface area contributed by atoms with E-state index in [1.165, 1.54) is 6.33 Å². The molecule has 2 aromatic heterocycles. The molecule has 0 radical (unpaired) electrons. The molecule has 74 valence electrons. The Hall–Kier alpha value is -1.79. The van der Waals surface area contributed by atoms with Gasteiger partial charge in [-0.3, -0.25) is 0 Å². The quantitative estimate of drug-likeness (QED) is 0.681. The third-order valence-electron chi connectivity index (χ3n) is 1.72. The highest BCUT2D eigenvalue weighted by molar-refractivity contribution is 5.84. The Balaban J connectivity index is 2.70. The maximum atomic E-state index is 12.2. The number of aromatic nitrogens is 3. The van der Waals surface area contributed by atoms with Gasteiger partial charge in [0.1, 0.15) is 11.2 Å². The summed E-state index contributed by atoms with van der Waals surface area (Å²) in [5, 5.41) is 0. The first-order chi connectivity index (χ1) is 6.48. The van der Waals surface area contributed by atoms with E-state index in [4.69, 9.17) is 5.73 Å². The second-order valence-corrected chi connectivity index (χ2v) is 2.69. The number of anilines is 1. The third kappa shape index (κ3) is 1.26. The van der Waals surface area contributed by atoms with E-state index >= 15 is 0 Å². The van der Waals surface area contributed by atoms with Gasteiger partial charge in [-0.05, 0) is 6.07 Å². The Morgan fingerprint density at radius 3 is 2.71 bits per heavy atom. The average molecular weight is 202 g/mol. The number of halogens is 3. The van der Waals surface area contributed by atoms with Gasteiger partial charge < -0.3 is 10.7 Å². The number of alkyl halides is 3. The van der Waals surface area contributed by atoms with Crippen LogP contribution in [0.25, 0.3) is 11.0 Å². The van der Waals surface area contributed by atoms with Gasteiger partial charge in [-0.25, -0.2) is 9.97 Å². The van der Waals surface area contributed by atoms with E-state index in [9.17, 15) is 13.2 Å². The Kier molecular flexibility index (Phi) is 1.63. The summed E-state index contributed by atoms with van der Waals surface area (Å²) in [6, 6.07) is 0.874. The van der Waals surface area contributed by atoms with Crippen molar-refractivity contribution >= 4 is 16.9 Å². The number of nitrogens with zero attached hydrogens (tertiary/aromatic N) is 2. The Labute approximate surface area is 76.0 Å². The van der Waals surface area contributed by atoms with Crippen LogP contribution < -0.4 is 5.73 Å². The van der Waals surface area contributed by atoms with Crippen molar-refractivity contribution in [3.8, 4) is 0 Å². The molecular formula is C7H5F3N4. The SMILES string of the molecule is Nc1nc(C(F)(F)F)cc2[nH]cnc12. The molecule has 14 heavy (non-hydrogen) atoms. The van der Waals surface area contributed by atoms with E-state index < -0.39 is 11.9 Å². The van der Waals surface area contributed by atoms with Gasteiger partial charge in [-0.1, -0.05) is 0 Å². The molecule has 3 N–H and O–H groups in total. The van der Waals surface area contributed by atoms with Crippen LogP contribution in [0.1, 0.15) is 5.69 Å². The number of fused-ring (bicyclic) bond motifs is 1. The molecule has 0 saturated heterocycles. The number of pyridine rings is 1. The lowest BCUT2D eigenvalue weighted by Crippen LogP contribution is -2.09. The van der Waals surface area contributed by atoms with Gasteiger partial charge in [0.05, 0.1) is 11.8 Å². The number of nitrogens with two attached hydrogens (primary N) is 1. The van der Waals surface area contributed by atoms with Crippen LogP contribution in [0.4, 0.5) is 19.0 Å². The molecule has 0 aliphatic rings. The number of H-pyrrole nitrogens is 1. The molecule has 7 heteroatoms. The van der Waals surface area contributed by atoms with Crippen LogP contribution in [0.5, 0.6) is 0 Å². The summed E-state index contributed by atoms with van der Waals surface area (Å²) in [4.78, 5) is 9.49. The molecule has 0 bridgehead atoms. The first kappa shape index (κ1) is 8.79. The number of aromatic amines is 1. The molecule has 2 rings (SSSR count). The van der Waals surface area contributed by atoms with Gasteiger partial charge in [0.2, 0.25) is 0 Å². The van der Waals surface area contributed by atoms with Crippen LogP contribution in [0.2, 0.25) is 0 Å². The summed E-state index contributed by atoms with van der Waals surface area (Å²) in [7, 11) is 0. The van der Waals surface area contributed by atoms with Gasteiger partial charge >= 0.3 is 6.18 Å². The van der Waals surface area contributed by atoms with Gasteiger partial charge in [0, 0.05) is 0 Å². The van der Waals surface area contributed by atoms with Crippen LogP contribution in [-0.4, -0.2) is 15.0 Å². The summed E-state index contributed by atoms with van der Waals surface area (Å²) in [5.74, 6) is -0.226. The highest BCUT2D eigenvalue weighted by Crippen LogP contribution is 2.30. The number of imidazole rings is 1. The zero-order chi connectivity index (χ0) is 10.3. The molecule has 0 saturated carbocycles. The molecule has 4 nitrogen and oxygen atoms in total. The third-order valence-corrected chi connectivity index (χ3v) is 1.72. The molecule has 0 atom stereocenters. The largest absolute Gasteiger partial charge is 0.433 e. The molecule has 2 aromatic rings. The van der Waals surface area contributed by atoms with Crippen molar-refractivity contribution in [2.24, 2.45) is 0 Å². The normalized spacial score (nSPS) is 12.2. The standard InChI is InChI=1S/C7H5F3N4/c8-7(9,10)4-1-3-5(6(11)14-4)13-2-12-3/h1-2H,(H2,11,14)(H,12,13). The van der Waals surface area contributed by atoms with E-state index in [1.807, 2.05) is 0 Å². The van der Waals surface area contributed by atoms with Crippen molar-refractivity contribution in [3.05, 3.63) is 18.1 Å². The van der Waals surface area contributed by atoms with Crippen molar-refractivity contribution in [1.82, 2.24) is 15.0 Å². The fourth-order valence-electron chi connectivity index (χ4n) is 1.12. The summed E-state index contributed by atoms with van der Waals surface area (Å²) in [5.41, 5.74) is 4.76. The second kappa shape index (κ2) is 2.60. The van der Waals surface area contributed by atoms with Gasteiger partial charge in [-0.2, -0.15) is 13.2 Å². The number of hydrogen-bond donors (Lipinski definition) is 2. The fraction of sp³-hybridized carbons (Fsp3) is 0.143. The van der Waals surface area contributed by atoms with Gasteiger partial charge in [0.15, 0.2) is 5.82 Å². The average Bonchev–Trinajstić information content (AvgIpc) is 2.50. The van der Waals surface area contributed by atoms with Crippen molar-refractivity contribution in [1.29, 1.82) is 0 Å². The van der Waals surface area contributed by atoms with Gasteiger partial charge in [0.25, 0.3) is 0 Å². The predicted molar refractivity (Wildman–Crippen MR) is 43.3 cm³/mol. The second-order valence-electron chi connectivity index (χ2n) is 2.69. The van der Waals surface area contributed by atoms with Crippen molar-refractivity contribution in [2.75, 3.05) is 5.73 Å². The molecule has 0 spiro atoms. The molecule has 0 aliphatic carbocycles. The minimum atomic E-state index is -4.49. The minimum absolute atomic E-state index is 0.226. The smallest absolute Gasteiger partial charge is 0.382 e. The van der Waals surface area contributed by atoms with Crippen LogP contribution in [-0.2, 0) is 6.18 Å². The van der Waals surface area contributed by atoms with Crippen LogP contribution in [0.3, 0.4) is 0 Å². The fourth-order valence-corrected chi connectivity index (χ4v) is 1.12. The number of rotatable bonds is 0. The zero-order valence-corrected chi connectivity index (χ0v) is 6.76. The van der Waals surface area contributed by atoms with E-state index in [2.05, 4.69) is 15.0 Å². The molecule has 0 unspecified atom stereocenters. The highest BCUT2D eigenvalue weighted by atomic mass is 19.4. The summed E-state index contributed by atoms with van der Waals surface area (Å²) in [6.45, 7) is 0. The first-order valence-electron chi connectivity index (χ1n) is 3.65. The lowest BCUT2D eigenvalue weighted by Gasteiger charge is -2.05. The molecular weight excluding hydrogens is 197 g/mol. The molecule has 0 aromatic carbocycles. The molecule has 0 aliphatic heterocycles. The summed E-state index contributed by atoms with van der Waals surface area (Å²) < 4.78 is 36.7. The number of hydrogen-bond acceptors (Lipinski definition) is 3. The lowest BCUT2D eigenvalue weighted by molar-refractivity contribution is -0.141. The highest BCUT2D eigenvalue weighted by Gasteiger charge is 2.33. The van der Waals surface area contributed by atoms with E-state index in [0.717, 1.165) is 6.07 Å². The number of nitrogen functional groups attached to an aromatic ring is 1. The number of nitrogens with one attached hydrogen (secondary N) is 1. The topological polar surface area (TPSA) is 67.6 Å². The Bertz CT molecular complexity index is 473. The lowest BCUT2D eigenvalue weighted by atomic mass is 10.3. The van der Waals surface area contributed by atoms with E-state index in [-0.39, 0.29) is 16.9 Å². The Morgan fingerprint density at radius 2 is 2.07 bits per heavy atom. The van der Waals surface area contributed by atoms with Gasteiger partial charge in [-0.15, -0.1) is 0 Å². The van der Waals surface area contributed by atoms with Crippen LogP contribution in [0.15, 0.2) is 12.4 Å². The van der Waals surface area contributed by atoms with E-state index in [0.29, 0.717) is 0 Å². The van der Waals surface area contributed by atoms with Crippen molar-refractivity contribution in [2.45, 2.75) is 6.18 Å². The van der Waals surface area contributed by atoms with Crippen LogP contribution >= 0.6 is 0 Å². The monoisotopic (exact) mass is 202 g/mol. The van der Waals surface area contributed by atoms with Crippen molar-refractivity contribution < 1.29 is 13.2 Å². The van der Waals surface area contributed by atoms with Crippen LogP contribution in [0, 0.1) is 0 Å². The zero-order valence-electron chi connectivity index (χ0n) is 6.76. The first-order valence-corrected chi connectivity index (χ1v) is 3.65. The molecule has 2 heterocycles. The maximum absolute atomic E-state index is 12.2. The summed E-state index contributed by atoms with van der Waals surface area (Å²) >= 11 is 0. The van der Waals surface area contributed by atoms with Crippen molar-refractivity contribution in [3.63, 3.8) is 0 Å². The Morgan fingerprint density at radius 1 is 1.36 bits per heavy atom. The predicted octanol–water partition coefficient (Wildman–Crippen LogP) is 1.56.